The predicted molar refractivity (Wildman–Crippen MR) is 306 cm³/mol. The second-order valence-electron chi connectivity index (χ2n) is 19.1. The van der Waals surface area contributed by atoms with Crippen LogP contribution >= 0.6 is 11.8 Å². The lowest BCUT2D eigenvalue weighted by Crippen LogP contribution is -2.59. The van der Waals surface area contributed by atoms with E-state index in [1.54, 1.807) is 0 Å². The van der Waals surface area contributed by atoms with Gasteiger partial charge in [0.25, 0.3) is 0 Å². The van der Waals surface area contributed by atoms with E-state index in [9.17, 15) is 0 Å². The van der Waals surface area contributed by atoms with Crippen molar-refractivity contribution in [2.45, 2.75) is 9.79 Å². The third-order valence-electron chi connectivity index (χ3n) is 15.1. The molecule has 13 aromatic rings. The normalized spacial score (nSPS) is 12.6. The van der Waals surface area contributed by atoms with Gasteiger partial charge in [0.05, 0.1) is 5.69 Å². The van der Waals surface area contributed by atoms with E-state index in [0.29, 0.717) is 0 Å². The maximum Gasteiger partial charge on any atom is 0.249 e. The first-order valence-corrected chi connectivity index (χ1v) is 25.6. The van der Waals surface area contributed by atoms with Gasteiger partial charge in [0.2, 0.25) is 6.71 Å². The van der Waals surface area contributed by atoms with Crippen molar-refractivity contribution in [2.24, 2.45) is 0 Å². The molecule has 0 unspecified atom stereocenters. The molecule has 0 atom stereocenters. The van der Waals surface area contributed by atoms with E-state index in [4.69, 9.17) is 4.42 Å². The maximum atomic E-state index is 6.58. The van der Waals surface area contributed by atoms with Gasteiger partial charge in [-0.25, -0.2) is 0 Å². The van der Waals surface area contributed by atoms with Gasteiger partial charge in [0, 0.05) is 43.1 Å². The fourth-order valence-electron chi connectivity index (χ4n) is 11.8. The van der Waals surface area contributed by atoms with Gasteiger partial charge in [-0.2, -0.15) is 0 Å². The topological polar surface area (TPSA) is 16.4 Å². The number of hydrogen-bond donors (Lipinski definition) is 0. The largest absolute Gasteiger partial charge is 0.456 e. The van der Waals surface area contributed by atoms with Crippen LogP contribution in [0.4, 0.5) is 17.1 Å². The summed E-state index contributed by atoms with van der Waals surface area (Å²) in [5.74, 6) is 0. The molecule has 0 aliphatic carbocycles. The second-order valence-corrected chi connectivity index (χ2v) is 20.2. The Morgan fingerprint density at radius 2 is 0.833 bits per heavy atom. The van der Waals surface area contributed by atoms with Crippen LogP contribution in [0.2, 0.25) is 0 Å². The minimum absolute atomic E-state index is 0.0309. The molecular weight excluding hydrogens is 890 g/mol. The Labute approximate surface area is 422 Å². The molecule has 0 bridgehead atoms. The first-order valence-electron chi connectivity index (χ1n) is 24.8. The molecule has 0 saturated carbocycles. The van der Waals surface area contributed by atoms with Crippen LogP contribution in [0.25, 0.3) is 99.1 Å². The van der Waals surface area contributed by atoms with Crippen molar-refractivity contribution < 1.29 is 4.42 Å². The molecule has 2 aliphatic heterocycles. The van der Waals surface area contributed by atoms with E-state index >= 15 is 0 Å². The first kappa shape index (κ1) is 41.0. The standard InChI is InChI=1S/C68H42BNOS/c1-3-16-45(17-4-1)55-29-15-30-56(46-18-5-2-6-19-46)68(55)70-61-38-48(53-27-13-22-43-20-7-9-24-51(43)53)33-36-59(61)69-60-37-34-49(54-28-14-23-44-21-8-10-25-52(44)54)41-65(60)72-66-42-50(39-62(70)67(66)69)47-32-35-58-57-26-11-12-31-63(57)71-64(58)40-47/h1-42H. The molecule has 2 aliphatic rings. The van der Waals surface area contributed by atoms with Gasteiger partial charge in [-0.1, -0.05) is 230 Å². The van der Waals surface area contributed by atoms with Crippen LogP contribution in [0.15, 0.2) is 269 Å². The van der Waals surface area contributed by atoms with Gasteiger partial charge >= 0.3 is 0 Å². The van der Waals surface area contributed by atoms with Gasteiger partial charge < -0.3 is 9.32 Å². The van der Waals surface area contributed by atoms with E-state index in [2.05, 4.69) is 254 Å². The van der Waals surface area contributed by atoms with E-state index in [1.807, 2.05) is 17.8 Å². The Morgan fingerprint density at radius 3 is 1.53 bits per heavy atom. The molecule has 0 N–H and O–H groups in total. The van der Waals surface area contributed by atoms with Crippen molar-refractivity contribution in [3.05, 3.63) is 255 Å². The summed E-state index contributed by atoms with van der Waals surface area (Å²) in [6.45, 7) is -0.0309. The summed E-state index contributed by atoms with van der Waals surface area (Å²) in [5.41, 5.74) is 21.0. The predicted octanol–water partition coefficient (Wildman–Crippen LogP) is 17.0. The highest BCUT2D eigenvalue weighted by atomic mass is 32.2. The molecule has 0 fully saturated rings. The lowest BCUT2D eigenvalue weighted by Gasteiger charge is -2.42. The summed E-state index contributed by atoms with van der Waals surface area (Å²) < 4.78 is 6.58. The molecule has 15 rings (SSSR count). The summed E-state index contributed by atoms with van der Waals surface area (Å²) in [5, 5.41) is 7.23. The number of nitrogens with zero attached hydrogens (tertiary/aromatic N) is 1. The summed E-state index contributed by atoms with van der Waals surface area (Å²) in [6.07, 6.45) is 0. The third-order valence-corrected chi connectivity index (χ3v) is 16.3. The van der Waals surface area contributed by atoms with Gasteiger partial charge in [-0.05, 0) is 119 Å². The summed E-state index contributed by atoms with van der Waals surface area (Å²) >= 11 is 1.90. The number of fused-ring (bicyclic) bond motifs is 9. The molecule has 0 spiro atoms. The molecule has 3 heterocycles. The van der Waals surface area contributed by atoms with E-state index in [1.165, 1.54) is 104 Å². The Morgan fingerprint density at radius 1 is 0.319 bits per heavy atom. The number of anilines is 3. The summed E-state index contributed by atoms with van der Waals surface area (Å²) in [4.78, 5) is 5.16. The minimum Gasteiger partial charge on any atom is -0.456 e. The third kappa shape index (κ3) is 6.46. The smallest absolute Gasteiger partial charge is 0.249 e. The summed E-state index contributed by atoms with van der Waals surface area (Å²) in [7, 11) is 0. The Bertz CT molecular complexity index is 4260. The minimum atomic E-state index is -0.0309. The van der Waals surface area contributed by atoms with E-state index in [0.717, 1.165) is 38.8 Å². The van der Waals surface area contributed by atoms with Gasteiger partial charge in [0.15, 0.2) is 0 Å². The van der Waals surface area contributed by atoms with E-state index in [-0.39, 0.29) is 6.71 Å². The SMILES string of the molecule is c1ccc(-c2cccc(-c3ccccc3)c2N2c3cc(-c4cccc5ccccc45)ccc3B3c4ccc(-c5cccc6ccccc56)cc4Sc4cc(-c5ccc6c(c5)oc5ccccc56)cc2c43)cc1. The zero-order valence-corrected chi connectivity index (χ0v) is 39.9. The van der Waals surface area contributed by atoms with Crippen LogP contribution in [0.5, 0.6) is 0 Å². The fraction of sp³-hybridized carbons (Fsp3) is 0. The van der Waals surface area contributed by atoms with Crippen molar-refractivity contribution in [1.29, 1.82) is 0 Å². The Hall–Kier alpha value is -8.83. The van der Waals surface area contributed by atoms with Gasteiger partial charge in [-0.15, -0.1) is 0 Å². The zero-order chi connectivity index (χ0) is 47.3. The molecule has 0 amide bonds. The van der Waals surface area contributed by atoms with Crippen LogP contribution < -0.4 is 21.3 Å². The lowest BCUT2D eigenvalue weighted by molar-refractivity contribution is 0.669. The van der Waals surface area contributed by atoms with Crippen LogP contribution in [0.3, 0.4) is 0 Å². The zero-order valence-electron chi connectivity index (χ0n) is 39.1. The molecule has 72 heavy (non-hydrogen) atoms. The molecule has 334 valence electrons. The molecular formula is C68H42BNOS. The van der Waals surface area contributed by atoms with Crippen LogP contribution in [-0.2, 0) is 0 Å². The number of furan rings is 1. The fourth-order valence-corrected chi connectivity index (χ4v) is 13.1. The monoisotopic (exact) mass is 931 g/mol. The van der Waals surface area contributed by atoms with E-state index < -0.39 is 0 Å². The van der Waals surface area contributed by atoms with Crippen LogP contribution in [-0.4, -0.2) is 6.71 Å². The van der Waals surface area contributed by atoms with Crippen molar-refractivity contribution >= 4 is 95.4 Å². The number of para-hydroxylation sites is 2. The van der Waals surface area contributed by atoms with Crippen molar-refractivity contribution in [1.82, 2.24) is 0 Å². The number of benzene rings is 12. The van der Waals surface area contributed by atoms with Crippen LogP contribution in [0, 0.1) is 0 Å². The molecule has 12 aromatic carbocycles. The highest BCUT2D eigenvalue weighted by Gasteiger charge is 2.42. The van der Waals surface area contributed by atoms with Crippen molar-refractivity contribution in [2.75, 3.05) is 4.90 Å². The van der Waals surface area contributed by atoms with Gasteiger partial charge in [-0.3, -0.25) is 0 Å². The Balaban J connectivity index is 1.04. The molecule has 2 nitrogen and oxygen atoms in total. The van der Waals surface area contributed by atoms with Crippen molar-refractivity contribution in [3.63, 3.8) is 0 Å². The quantitative estimate of drug-likeness (QED) is 0.155. The number of hydrogen-bond acceptors (Lipinski definition) is 3. The average Bonchev–Trinajstić information content (AvgIpc) is 3.83. The highest BCUT2D eigenvalue weighted by molar-refractivity contribution is 8.00. The van der Waals surface area contributed by atoms with Crippen LogP contribution in [0.1, 0.15) is 0 Å². The second kappa shape index (κ2) is 16.4. The van der Waals surface area contributed by atoms with Crippen molar-refractivity contribution in [3.8, 4) is 55.6 Å². The lowest BCUT2D eigenvalue weighted by atomic mass is 9.34. The Kier molecular flexibility index (Phi) is 9.33. The first-order chi connectivity index (χ1) is 35.7. The average molecular weight is 932 g/mol. The maximum absolute atomic E-state index is 6.58. The van der Waals surface area contributed by atoms with Gasteiger partial charge in [0.1, 0.15) is 11.2 Å². The molecule has 4 heteroatoms. The molecule has 1 aromatic heterocycles. The highest BCUT2D eigenvalue weighted by Crippen LogP contribution is 2.51. The molecule has 0 saturated heterocycles. The number of rotatable bonds is 6. The summed E-state index contributed by atoms with van der Waals surface area (Å²) in [6, 6.07) is 94.1. The molecule has 0 radical (unpaired) electrons.